The van der Waals surface area contributed by atoms with Gasteiger partial charge in [-0.05, 0) is 25.7 Å². The van der Waals surface area contributed by atoms with E-state index in [4.69, 9.17) is 10.2 Å². The van der Waals surface area contributed by atoms with Gasteiger partial charge in [-0.2, -0.15) is 0 Å². The third kappa shape index (κ3) is 5.42. The molecular formula is C10H18O3. The number of rotatable bonds is 4. The summed E-state index contributed by atoms with van der Waals surface area (Å²) in [6.07, 6.45) is 1.84. The molecular weight excluding hydrogens is 168 g/mol. The van der Waals surface area contributed by atoms with Crippen LogP contribution in [0.4, 0.5) is 0 Å². The fraction of sp³-hybridized carbons (Fsp3) is 0.700. The molecule has 0 bridgehead atoms. The Hall–Kier alpha value is -0.830. The van der Waals surface area contributed by atoms with Crippen molar-refractivity contribution in [2.24, 2.45) is 5.41 Å². The second-order valence-corrected chi connectivity index (χ2v) is 4.17. The van der Waals surface area contributed by atoms with Gasteiger partial charge in [0.15, 0.2) is 0 Å². The molecule has 0 aliphatic heterocycles. The van der Waals surface area contributed by atoms with Crippen molar-refractivity contribution in [2.75, 3.05) is 0 Å². The quantitative estimate of drug-likeness (QED) is 0.658. The monoisotopic (exact) mass is 186 g/mol. The van der Waals surface area contributed by atoms with Crippen LogP contribution in [0.15, 0.2) is 11.6 Å². The summed E-state index contributed by atoms with van der Waals surface area (Å²) in [5.74, 6) is -0.904. The zero-order chi connectivity index (χ0) is 10.6. The molecule has 0 amide bonds. The third-order valence-corrected chi connectivity index (χ3v) is 1.77. The first-order valence-electron chi connectivity index (χ1n) is 4.35. The van der Waals surface area contributed by atoms with Crippen molar-refractivity contribution in [3.05, 3.63) is 11.6 Å². The van der Waals surface area contributed by atoms with Gasteiger partial charge in [-0.15, -0.1) is 0 Å². The van der Waals surface area contributed by atoms with Gasteiger partial charge in [0, 0.05) is 5.57 Å². The third-order valence-electron chi connectivity index (χ3n) is 1.77. The van der Waals surface area contributed by atoms with Crippen LogP contribution in [0, 0.1) is 5.41 Å². The fourth-order valence-electron chi connectivity index (χ4n) is 1.47. The van der Waals surface area contributed by atoms with Crippen LogP contribution in [0.1, 0.15) is 34.1 Å². The van der Waals surface area contributed by atoms with E-state index in [0.717, 1.165) is 0 Å². The van der Waals surface area contributed by atoms with Crippen LogP contribution >= 0.6 is 0 Å². The van der Waals surface area contributed by atoms with Crippen LogP contribution < -0.4 is 0 Å². The lowest BCUT2D eigenvalue weighted by Crippen LogP contribution is -2.17. The predicted octanol–water partition coefficient (Wildman–Crippen LogP) is 1.81. The number of carboxylic acids is 1. The normalized spacial score (nSPS) is 15.6. The summed E-state index contributed by atoms with van der Waals surface area (Å²) in [6, 6.07) is 0. The van der Waals surface area contributed by atoms with E-state index in [-0.39, 0.29) is 5.41 Å². The second kappa shape index (κ2) is 4.42. The highest BCUT2D eigenvalue weighted by molar-refractivity contribution is 5.85. The molecule has 0 heterocycles. The van der Waals surface area contributed by atoms with Crippen molar-refractivity contribution in [3.8, 4) is 0 Å². The first-order chi connectivity index (χ1) is 5.74. The maximum atomic E-state index is 10.5. The van der Waals surface area contributed by atoms with Gasteiger partial charge >= 0.3 is 5.97 Å². The highest BCUT2D eigenvalue weighted by Gasteiger charge is 2.18. The van der Waals surface area contributed by atoms with Crippen molar-refractivity contribution in [1.29, 1.82) is 0 Å². The minimum Gasteiger partial charge on any atom is -0.478 e. The zero-order valence-electron chi connectivity index (χ0n) is 8.66. The molecule has 3 nitrogen and oxygen atoms in total. The molecule has 0 saturated heterocycles. The molecule has 0 saturated carbocycles. The molecule has 0 aliphatic rings. The van der Waals surface area contributed by atoms with Crippen LogP contribution in [-0.4, -0.2) is 22.3 Å². The maximum Gasteiger partial charge on any atom is 0.330 e. The molecule has 1 unspecified atom stereocenters. The largest absolute Gasteiger partial charge is 0.478 e. The molecule has 0 aliphatic carbocycles. The Labute approximate surface area is 79.1 Å². The average molecular weight is 186 g/mol. The number of aliphatic hydroxyl groups is 1. The summed E-state index contributed by atoms with van der Waals surface area (Å²) in [6.45, 7) is 7.08. The minimum atomic E-state index is -0.904. The summed E-state index contributed by atoms with van der Waals surface area (Å²) in [5.41, 5.74) is 0.0575. The van der Waals surface area contributed by atoms with Crippen LogP contribution in [0.2, 0.25) is 0 Å². The fourth-order valence-corrected chi connectivity index (χ4v) is 1.47. The van der Waals surface area contributed by atoms with Gasteiger partial charge in [-0.1, -0.05) is 19.9 Å². The Balaban J connectivity index is 4.47. The standard InChI is InChI=1S/C10H18O3/c1-7(9(12)13)5-10(3,4)6-8(2)11/h5,8,11H,6H2,1-4H3,(H,12,13). The van der Waals surface area contributed by atoms with E-state index in [9.17, 15) is 4.79 Å². The van der Waals surface area contributed by atoms with E-state index in [1.165, 1.54) is 0 Å². The van der Waals surface area contributed by atoms with Gasteiger partial charge in [0.2, 0.25) is 0 Å². The van der Waals surface area contributed by atoms with Gasteiger partial charge in [0.05, 0.1) is 6.10 Å². The minimum absolute atomic E-state index is 0.267. The Morgan fingerprint density at radius 2 is 2.00 bits per heavy atom. The van der Waals surface area contributed by atoms with E-state index in [2.05, 4.69) is 0 Å². The number of hydrogen-bond donors (Lipinski definition) is 2. The Kier molecular flexibility index (Phi) is 4.14. The summed E-state index contributed by atoms with van der Waals surface area (Å²) in [7, 11) is 0. The SMILES string of the molecule is CC(=CC(C)(C)CC(C)O)C(=O)O. The van der Waals surface area contributed by atoms with Gasteiger partial charge in [0.25, 0.3) is 0 Å². The lowest BCUT2D eigenvalue weighted by Gasteiger charge is -2.22. The van der Waals surface area contributed by atoms with Crippen molar-refractivity contribution in [1.82, 2.24) is 0 Å². The molecule has 13 heavy (non-hydrogen) atoms. The molecule has 0 spiro atoms. The number of hydrogen-bond acceptors (Lipinski definition) is 2. The lowest BCUT2D eigenvalue weighted by atomic mass is 9.85. The molecule has 1 atom stereocenters. The smallest absolute Gasteiger partial charge is 0.330 e. The molecule has 76 valence electrons. The molecule has 2 N–H and O–H groups in total. The van der Waals surface area contributed by atoms with Crippen LogP contribution in [0.3, 0.4) is 0 Å². The second-order valence-electron chi connectivity index (χ2n) is 4.17. The van der Waals surface area contributed by atoms with Crippen molar-refractivity contribution < 1.29 is 15.0 Å². The molecule has 0 aromatic rings. The van der Waals surface area contributed by atoms with Crippen LogP contribution in [0.5, 0.6) is 0 Å². The van der Waals surface area contributed by atoms with Crippen molar-refractivity contribution >= 4 is 5.97 Å². The van der Waals surface area contributed by atoms with Crippen molar-refractivity contribution in [2.45, 2.75) is 40.2 Å². The Morgan fingerprint density at radius 3 is 2.31 bits per heavy atom. The molecule has 0 radical (unpaired) electrons. The lowest BCUT2D eigenvalue weighted by molar-refractivity contribution is -0.132. The number of allylic oxidation sites excluding steroid dienone is 1. The molecule has 0 fully saturated rings. The van der Waals surface area contributed by atoms with Gasteiger partial charge < -0.3 is 10.2 Å². The Bertz CT molecular complexity index is 214. The maximum absolute atomic E-state index is 10.5. The van der Waals surface area contributed by atoms with E-state index in [1.54, 1.807) is 19.9 Å². The van der Waals surface area contributed by atoms with Crippen molar-refractivity contribution in [3.63, 3.8) is 0 Å². The number of carbonyl (C=O) groups is 1. The zero-order valence-corrected chi connectivity index (χ0v) is 8.66. The van der Waals surface area contributed by atoms with Gasteiger partial charge in [-0.3, -0.25) is 0 Å². The number of aliphatic hydroxyl groups excluding tert-OH is 1. The van der Waals surface area contributed by atoms with Gasteiger partial charge in [0.1, 0.15) is 0 Å². The number of aliphatic carboxylic acids is 1. The van der Waals surface area contributed by atoms with E-state index >= 15 is 0 Å². The molecule has 0 aromatic carbocycles. The summed E-state index contributed by atoms with van der Waals surface area (Å²) in [4.78, 5) is 10.5. The van der Waals surface area contributed by atoms with E-state index in [1.807, 2.05) is 13.8 Å². The predicted molar refractivity (Wildman–Crippen MR) is 51.5 cm³/mol. The first kappa shape index (κ1) is 12.2. The van der Waals surface area contributed by atoms with Crippen LogP contribution in [-0.2, 0) is 4.79 Å². The molecule has 0 aromatic heterocycles. The summed E-state index contributed by atoms with van der Waals surface area (Å²) >= 11 is 0. The van der Waals surface area contributed by atoms with E-state index in [0.29, 0.717) is 12.0 Å². The molecule has 0 rings (SSSR count). The highest BCUT2D eigenvalue weighted by atomic mass is 16.4. The topological polar surface area (TPSA) is 57.5 Å². The number of carboxylic acid groups (broad SMARTS) is 1. The van der Waals surface area contributed by atoms with E-state index < -0.39 is 12.1 Å². The Morgan fingerprint density at radius 1 is 1.54 bits per heavy atom. The van der Waals surface area contributed by atoms with Gasteiger partial charge in [-0.25, -0.2) is 4.79 Å². The summed E-state index contributed by atoms with van der Waals surface area (Å²) < 4.78 is 0. The van der Waals surface area contributed by atoms with Crippen LogP contribution in [0.25, 0.3) is 0 Å². The molecule has 3 heteroatoms. The first-order valence-corrected chi connectivity index (χ1v) is 4.35. The highest BCUT2D eigenvalue weighted by Crippen LogP contribution is 2.25. The average Bonchev–Trinajstić information content (AvgIpc) is 1.81. The summed E-state index contributed by atoms with van der Waals surface area (Å²) in [5, 5.41) is 17.8.